The van der Waals surface area contributed by atoms with Crippen LogP contribution in [0.2, 0.25) is 10.3 Å². The predicted molar refractivity (Wildman–Crippen MR) is 81.3 cm³/mol. The molecule has 0 fully saturated rings. The molecule has 2 aromatic heterocycles. The van der Waals surface area contributed by atoms with Crippen molar-refractivity contribution in [2.75, 3.05) is 0 Å². The van der Waals surface area contributed by atoms with Gasteiger partial charge in [0.15, 0.2) is 11.6 Å². The minimum Gasteiger partial charge on any atom is -0.453 e. The minimum atomic E-state index is 0.391. The van der Waals surface area contributed by atoms with Crippen LogP contribution in [0.25, 0.3) is 22.6 Å². The van der Waals surface area contributed by atoms with Crippen LogP contribution in [0.3, 0.4) is 0 Å². The van der Waals surface area contributed by atoms with E-state index in [1.807, 2.05) is 30.3 Å². The molecule has 3 rings (SSSR count). The highest BCUT2D eigenvalue weighted by atomic mass is 35.5. The summed E-state index contributed by atoms with van der Waals surface area (Å²) in [5, 5.41) is 1.78. The Balaban J connectivity index is 2.10. The molecule has 0 saturated heterocycles. The van der Waals surface area contributed by atoms with Gasteiger partial charge in [0.2, 0.25) is 0 Å². The molecule has 3 nitrogen and oxygen atoms in total. The number of benzene rings is 1. The first-order chi connectivity index (χ1) is 9.69. The lowest BCUT2D eigenvalue weighted by Crippen LogP contribution is -1.96. The third-order valence-corrected chi connectivity index (χ3v) is 3.68. The van der Waals surface area contributed by atoms with Crippen molar-refractivity contribution in [2.24, 2.45) is 0 Å². The van der Waals surface area contributed by atoms with Gasteiger partial charge in [0.1, 0.15) is 15.9 Å². The Kier molecular flexibility index (Phi) is 3.64. The fraction of sp³-hybridized carbons (Fsp3) is 0.200. The first-order valence-corrected chi connectivity index (χ1v) is 7.15. The third-order valence-electron chi connectivity index (χ3n) is 3.05. The van der Waals surface area contributed by atoms with E-state index in [1.54, 1.807) is 0 Å². The van der Waals surface area contributed by atoms with Crippen molar-refractivity contribution in [1.82, 2.24) is 9.97 Å². The topological polar surface area (TPSA) is 38.9 Å². The van der Waals surface area contributed by atoms with Gasteiger partial charge in [-0.05, 0) is 18.6 Å². The molecule has 0 aliphatic rings. The summed E-state index contributed by atoms with van der Waals surface area (Å²) < 4.78 is 5.72. The second kappa shape index (κ2) is 5.43. The molecule has 0 amide bonds. The van der Waals surface area contributed by atoms with Gasteiger partial charge in [0.05, 0.1) is 0 Å². The zero-order valence-corrected chi connectivity index (χ0v) is 12.4. The van der Waals surface area contributed by atoms with Gasteiger partial charge < -0.3 is 4.42 Å². The van der Waals surface area contributed by atoms with Crippen LogP contribution >= 0.6 is 23.2 Å². The van der Waals surface area contributed by atoms with Gasteiger partial charge in [0, 0.05) is 10.9 Å². The number of para-hydroxylation sites is 1. The Morgan fingerprint density at radius 3 is 2.45 bits per heavy atom. The molecular formula is C15H12Cl2N2O. The molecule has 3 aromatic rings. The Morgan fingerprint density at radius 1 is 1.10 bits per heavy atom. The summed E-state index contributed by atoms with van der Waals surface area (Å²) in [5.41, 5.74) is 1.58. The summed E-state index contributed by atoms with van der Waals surface area (Å²) in [5.74, 6) is 0.981. The van der Waals surface area contributed by atoms with Crippen LogP contribution in [-0.4, -0.2) is 9.97 Å². The molecule has 2 heterocycles. The highest BCUT2D eigenvalue weighted by Gasteiger charge is 2.15. The number of rotatable bonds is 3. The summed E-state index contributed by atoms with van der Waals surface area (Å²) in [7, 11) is 0. The van der Waals surface area contributed by atoms with E-state index in [0.29, 0.717) is 21.9 Å². The van der Waals surface area contributed by atoms with Gasteiger partial charge in [-0.25, -0.2) is 9.97 Å². The average molecular weight is 307 g/mol. The standard InChI is InChI=1S/C15H12Cl2N2O/c1-2-5-10-13(16)18-15(19-14(10)17)12-8-9-6-3-4-7-11(9)20-12/h3-4,6-8H,2,5H2,1H3. The maximum atomic E-state index is 6.18. The second-order valence-corrected chi connectivity index (χ2v) is 5.22. The van der Waals surface area contributed by atoms with Crippen LogP contribution in [0.15, 0.2) is 34.7 Å². The third kappa shape index (κ3) is 2.39. The highest BCUT2D eigenvalue weighted by molar-refractivity contribution is 6.34. The molecule has 0 N–H and O–H groups in total. The molecule has 0 aliphatic heterocycles. The van der Waals surface area contributed by atoms with Gasteiger partial charge in [-0.15, -0.1) is 0 Å². The lowest BCUT2D eigenvalue weighted by atomic mass is 10.2. The Labute approximate surface area is 126 Å². The largest absolute Gasteiger partial charge is 0.453 e. The number of hydrogen-bond donors (Lipinski definition) is 0. The van der Waals surface area contributed by atoms with Gasteiger partial charge in [-0.3, -0.25) is 0 Å². The van der Waals surface area contributed by atoms with Gasteiger partial charge >= 0.3 is 0 Å². The zero-order valence-electron chi connectivity index (χ0n) is 10.9. The molecule has 0 unspecified atom stereocenters. The quantitative estimate of drug-likeness (QED) is 0.628. The highest BCUT2D eigenvalue weighted by Crippen LogP contribution is 2.30. The summed E-state index contributed by atoms with van der Waals surface area (Å²) >= 11 is 12.4. The Hall–Kier alpha value is -1.58. The number of aromatic nitrogens is 2. The molecule has 0 bridgehead atoms. The molecule has 20 heavy (non-hydrogen) atoms. The average Bonchev–Trinajstić information content (AvgIpc) is 2.86. The first kappa shape index (κ1) is 13.4. The fourth-order valence-corrected chi connectivity index (χ4v) is 2.67. The van der Waals surface area contributed by atoms with Crippen molar-refractivity contribution in [3.05, 3.63) is 46.2 Å². The predicted octanol–water partition coefficient (Wildman–Crippen LogP) is 5.15. The Bertz CT molecular complexity index is 711. The fourth-order valence-electron chi connectivity index (χ4n) is 2.09. The van der Waals surface area contributed by atoms with E-state index < -0.39 is 0 Å². The van der Waals surface area contributed by atoms with Crippen molar-refractivity contribution < 1.29 is 4.42 Å². The van der Waals surface area contributed by atoms with E-state index in [9.17, 15) is 0 Å². The summed E-state index contributed by atoms with van der Waals surface area (Å²) in [4.78, 5) is 8.59. The van der Waals surface area contributed by atoms with Gasteiger partial charge in [-0.2, -0.15) is 0 Å². The SMILES string of the molecule is CCCc1c(Cl)nc(-c2cc3ccccc3o2)nc1Cl. The molecule has 102 valence electrons. The molecule has 0 aliphatic carbocycles. The maximum absolute atomic E-state index is 6.18. The van der Waals surface area contributed by atoms with E-state index in [-0.39, 0.29) is 0 Å². The number of hydrogen-bond acceptors (Lipinski definition) is 3. The van der Waals surface area contributed by atoms with E-state index in [2.05, 4.69) is 16.9 Å². The lowest BCUT2D eigenvalue weighted by molar-refractivity contribution is 0.625. The van der Waals surface area contributed by atoms with E-state index >= 15 is 0 Å². The zero-order chi connectivity index (χ0) is 14.1. The van der Waals surface area contributed by atoms with Crippen LogP contribution < -0.4 is 0 Å². The van der Waals surface area contributed by atoms with Crippen LogP contribution in [-0.2, 0) is 6.42 Å². The van der Waals surface area contributed by atoms with E-state index in [1.165, 1.54) is 0 Å². The summed E-state index contributed by atoms with van der Waals surface area (Å²) in [6, 6.07) is 9.62. The molecular weight excluding hydrogens is 295 g/mol. The minimum absolute atomic E-state index is 0.391. The smallest absolute Gasteiger partial charge is 0.198 e. The molecule has 0 radical (unpaired) electrons. The van der Waals surface area contributed by atoms with E-state index in [0.717, 1.165) is 29.4 Å². The maximum Gasteiger partial charge on any atom is 0.198 e. The van der Waals surface area contributed by atoms with Crippen LogP contribution in [0.1, 0.15) is 18.9 Å². The second-order valence-electron chi connectivity index (χ2n) is 4.51. The van der Waals surface area contributed by atoms with Crippen molar-refractivity contribution in [3.8, 4) is 11.6 Å². The number of furan rings is 1. The molecule has 1 aromatic carbocycles. The van der Waals surface area contributed by atoms with Crippen molar-refractivity contribution >= 4 is 34.2 Å². The molecule has 0 atom stereocenters. The first-order valence-electron chi connectivity index (χ1n) is 6.40. The van der Waals surface area contributed by atoms with Crippen molar-refractivity contribution in [2.45, 2.75) is 19.8 Å². The molecule has 0 spiro atoms. The van der Waals surface area contributed by atoms with Crippen molar-refractivity contribution in [1.29, 1.82) is 0 Å². The molecule has 5 heteroatoms. The summed E-state index contributed by atoms with van der Waals surface area (Å²) in [6.07, 6.45) is 1.70. The van der Waals surface area contributed by atoms with Gasteiger partial charge in [0.25, 0.3) is 0 Å². The Morgan fingerprint density at radius 2 is 1.80 bits per heavy atom. The van der Waals surface area contributed by atoms with Crippen LogP contribution in [0.5, 0.6) is 0 Å². The van der Waals surface area contributed by atoms with Gasteiger partial charge in [-0.1, -0.05) is 54.7 Å². The normalized spacial score (nSPS) is 11.2. The van der Waals surface area contributed by atoms with Crippen LogP contribution in [0, 0.1) is 0 Å². The lowest BCUT2D eigenvalue weighted by Gasteiger charge is -2.05. The van der Waals surface area contributed by atoms with E-state index in [4.69, 9.17) is 27.6 Å². The number of nitrogens with zero attached hydrogens (tertiary/aromatic N) is 2. The monoisotopic (exact) mass is 306 g/mol. The van der Waals surface area contributed by atoms with Crippen molar-refractivity contribution in [3.63, 3.8) is 0 Å². The molecule has 0 saturated carbocycles. The number of halogens is 2. The summed E-state index contributed by atoms with van der Waals surface area (Å²) in [6.45, 7) is 2.06. The number of fused-ring (bicyclic) bond motifs is 1. The van der Waals surface area contributed by atoms with Crippen LogP contribution in [0.4, 0.5) is 0 Å².